The number of hydrogen-bond donors (Lipinski definition) is 0. The van der Waals surface area contributed by atoms with Gasteiger partial charge in [0.1, 0.15) is 17.9 Å². The first-order chi connectivity index (χ1) is 24.3. The lowest BCUT2D eigenvalue weighted by Crippen LogP contribution is -2.36. The first-order valence-electron chi connectivity index (χ1n) is 18.5. The average Bonchev–Trinajstić information content (AvgIpc) is 3.51. The Kier molecular flexibility index (Phi) is 8.99. The van der Waals surface area contributed by atoms with Crippen molar-refractivity contribution in [3.8, 4) is 5.69 Å². The van der Waals surface area contributed by atoms with Crippen molar-refractivity contribution >= 4 is 41.7 Å². The molecule has 1 saturated heterocycles. The second kappa shape index (κ2) is 13.6. The fourth-order valence-electron chi connectivity index (χ4n) is 8.11. The van der Waals surface area contributed by atoms with Crippen molar-refractivity contribution < 1.29 is 14.3 Å². The van der Waals surface area contributed by atoms with E-state index in [9.17, 15) is 4.79 Å². The van der Waals surface area contributed by atoms with Gasteiger partial charge in [-0.3, -0.25) is 4.90 Å². The Morgan fingerprint density at radius 1 is 1.00 bits per heavy atom. The van der Waals surface area contributed by atoms with Crippen LogP contribution in [0.5, 0.6) is 0 Å². The maximum atomic E-state index is 13.0. The van der Waals surface area contributed by atoms with Gasteiger partial charge in [0.2, 0.25) is 0 Å². The van der Waals surface area contributed by atoms with Crippen molar-refractivity contribution in [3.05, 3.63) is 95.3 Å². The third-order valence-electron chi connectivity index (χ3n) is 11.0. The zero-order valence-corrected chi connectivity index (χ0v) is 30.9. The first-order valence-corrected chi connectivity index (χ1v) is 22.2. The van der Waals surface area contributed by atoms with Gasteiger partial charge in [0.15, 0.2) is 0 Å². The molecule has 1 aliphatic heterocycles. The van der Waals surface area contributed by atoms with Crippen LogP contribution in [0.3, 0.4) is 0 Å². The number of rotatable bonds is 11. The summed E-state index contributed by atoms with van der Waals surface area (Å²) in [5.41, 5.74) is 9.30. The number of benzene rings is 2. The molecule has 0 spiro atoms. The number of nitrogens with zero attached hydrogens (tertiary/aromatic N) is 5. The molecule has 4 heterocycles. The Morgan fingerprint density at radius 2 is 1.84 bits per heavy atom. The molecule has 2 aliphatic carbocycles. The number of esters is 1. The molecular weight excluding hydrogens is 639 g/mol. The molecule has 260 valence electrons. The number of pyridine rings is 1. The van der Waals surface area contributed by atoms with Gasteiger partial charge >= 0.3 is 5.97 Å². The molecule has 50 heavy (non-hydrogen) atoms. The van der Waals surface area contributed by atoms with Crippen LogP contribution in [-0.4, -0.2) is 64.6 Å². The molecule has 2 fully saturated rings. The number of allylic oxidation sites excluding steroid dienone is 1. The van der Waals surface area contributed by atoms with E-state index in [2.05, 4.69) is 83.7 Å². The average molecular weight is 688 g/mol. The van der Waals surface area contributed by atoms with Crippen LogP contribution in [0.15, 0.2) is 73.1 Å². The van der Waals surface area contributed by atoms with E-state index in [-0.39, 0.29) is 5.97 Å². The number of hydrogen-bond acceptors (Lipinski definition) is 6. The predicted molar refractivity (Wildman–Crippen MR) is 203 cm³/mol. The second-order valence-electron chi connectivity index (χ2n) is 15.7. The van der Waals surface area contributed by atoms with E-state index in [0.717, 1.165) is 65.5 Å². The van der Waals surface area contributed by atoms with Gasteiger partial charge in [-0.2, -0.15) is 5.10 Å². The maximum Gasteiger partial charge on any atom is 0.340 e. The van der Waals surface area contributed by atoms with Crippen LogP contribution < -0.4 is 0 Å². The molecule has 3 aliphatic rings. The highest BCUT2D eigenvalue weighted by Gasteiger charge is 2.36. The standard InChI is InChI=1S/C41H49N5O3Si/c1-48-41(47)35-18-15-30(28-13-16-32(17-14-28)45-20-7-10-37(45)34-9-6-5-8-33(34)29-11-12-29)24-38(35)46-39-25-31-19-21-44(27-49-22-23-50(2,3)4)40(31)43-36(39)26-42-46/h5-6,8-9,13,15,18-19,21,24-26,29,32,37H,7,10-12,14,16-17,20,22-23,27H2,1-4H3. The largest absolute Gasteiger partial charge is 0.465 e. The third-order valence-corrected chi connectivity index (χ3v) is 12.7. The Hall–Kier alpha value is -4.05. The number of carbonyl (C=O) groups excluding carboxylic acids is 1. The van der Waals surface area contributed by atoms with Gasteiger partial charge < -0.3 is 14.0 Å². The Bertz CT molecular complexity index is 2070. The number of likely N-dealkylation sites (tertiary alicyclic amines) is 1. The summed E-state index contributed by atoms with van der Waals surface area (Å²) in [6.07, 6.45) is 14.6. The third kappa shape index (κ3) is 6.59. The van der Waals surface area contributed by atoms with Crippen molar-refractivity contribution in [1.82, 2.24) is 24.2 Å². The highest BCUT2D eigenvalue weighted by Crippen LogP contribution is 2.47. The highest BCUT2D eigenvalue weighted by molar-refractivity contribution is 6.76. The van der Waals surface area contributed by atoms with E-state index >= 15 is 0 Å². The minimum Gasteiger partial charge on any atom is -0.465 e. The summed E-state index contributed by atoms with van der Waals surface area (Å²) >= 11 is 0. The summed E-state index contributed by atoms with van der Waals surface area (Å²) in [6, 6.07) is 21.7. The van der Waals surface area contributed by atoms with Crippen LogP contribution >= 0.6 is 0 Å². The van der Waals surface area contributed by atoms with Crippen molar-refractivity contribution in [1.29, 1.82) is 0 Å². The van der Waals surface area contributed by atoms with Crippen LogP contribution in [-0.2, 0) is 16.2 Å². The molecular formula is C41H49N5O3Si. The topological polar surface area (TPSA) is 74.4 Å². The van der Waals surface area contributed by atoms with Gasteiger partial charge in [0.05, 0.1) is 30.1 Å². The second-order valence-corrected chi connectivity index (χ2v) is 21.3. The Labute approximate surface area is 296 Å². The van der Waals surface area contributed by atoms with E-state index in [4.69, 9.17) is 19.6 Å². The predicted octanol–water partition coefficient (Wildman–Crippen LogP) is 9.12. The molecule has 8 rings (SSSR count). The molecule has 5 aromatic rings. The summed E-state index contributed by atoms with van der Waals surface area (Å²) in [6.45, 7) is 9.49. The number of methoxy groups -OCH3 is 1. The molecule has 0 bridgehead atoms. The van der Waals surface area contributed by atoms with Crippen LogP contribution in [0, 0.1) is 0 Å². The van der Waals surface area contributed by atoms with Crippen molar-refractivity contribution in [2.45, 2.75) is 95.4 Å². The lowest BCUT2D eigenvalue weighted by Gasteiger charge is -2.36. The molecule has 8 nitrogen and oxygen atoms in total. The number of ether oxygens (including phenoxy) is 2. The lowest BCUT2D eigenvalue weighted by molar-refractivity contribution is 0.0600. The molecule has 2 atom stereocenters. The van der Waals surface area contributed by atoms with Crippen molar-refractivity contribution in [2.24, 2.45) is 0 Å². The number of aromatic nitrogens is 4. The number of fused-ring (bicyclic) bond motifs is 2. The van der Waals surface area contributed by atoms with Crippen molar-refractivity contribution in [2.75, 3.05) is 20.3 Å². The zero-order chi connectivity index (χ0) is 34.4. The molecule has 3 aromatic heterocycles. The van der Waals surface area contributed by atoms with E-state index < -0.39 is 8.07 Å². The molecule has 2 unspecified atom stereocenters. The first kappa shape index (κ1) is 33.1. The molecule has 2 aromatic carbocycles. The van der Waals surface area contributed by atoms with Gasteiger partial charge in [-0.1, -0.05) is 56.0 Å². The van der Waals surface area contributed by atoms with Crippen LogP contribution in [0.1, 0.15) is 84.0 Å². The van der Waals surface area contributed by atoms with Crippen LogP contribution in [0.4, 0.5) is 0 Å². The van der Waals surface area contributed by atoms with Gasteiger partial charge in [-0.15, -0.1) is 0 Å². The van der Waals surface area contributed by atoms with Gasteiger partial charge in [-0.05, 0) is 110 Å². The van der Waals surface area contributed by atoms with Crippen LogP contribution in [0.25, 0.3) is 33.3 Å². The zero-order valence-electron chi connectivity index (χ0n) is 29.9. The quantitative estimate of drug-likeness (QED) is 0.0784. The molecule has 0 amide bonds. The fraction of sp³-hybridized carbons (Fsp3) is 0.439. The molecule has 0 radical (unpaired) electrons. The smallest absolute Gasteiger partial charge is 0.340 e. The molecule has 0 N–H and O–H groups in total. The van der Waals surface area contributed by atoms with Crippen LogP contribution in [0.2, 0.25) is 25.7 Å². The summed E-state index contributed by atoms with van der Waals surface area (Å²) in [5.74, 6) is 0.391. The van der Waals surface area contributed by atoms with E-state index in [1.165, 1.54) is 44.9 Å². The van der Waals surface area contributed by atoms with E-state index in [0.29, 0.717) is 30.1 Å². The highest BCUT2D eigenvalue weighted by atomic mass is 28.3. The normalized spacial score (nSPS) is 20.1. The van der Waals surface area contributed by atoms with Gasteiger partial charge in [0.25, 0.3) is 0 Å². The summed E-state index contributed by atoms with van der Waals surface area (Å²) in [7, 11) is 0.274. The molecule has 1 saturated carbocycles. The minimum atomic E-state index is -1.16. The summed E-state index contributed by atoms with van der Waals surface area (Å²) in [5, 5.41) is 5.78. The fourth-order valence-corrected chi connectivity index (χ4v) is 8.86. The molecule has 9 heteroatoms. The summed E-state index contributed by atoms with van der Waals surface area (Å²) < 4.78 is 15.2. The Morgan fingerprint density at radius 3 is 2.60 bits per heavy atom. The number of carbonyl (C=O) groups is 1. The maximum absolute atomic E-state index is 13.0. The Balaban J connectivity index is 1.05. The monoisotopic (exact) mass is 687 g/mol. The minimum absolute atomic E-state index is 0.380. The van der Waals surface area contributed by atoms with Gasteiger partial charge in [0, 0.05) is 38.3 Å². The van der Waals surface area contributed by atoms with Gasteiger partial charge in [-0.25, -0.2) is 14.5 Å². The van der Waals surface area contributed by atoms with E-state index in [1.807, 2.05) is 16.9 Å². The van der Waals surface area contributed by atoms with Crippen molar-refractivity contribution in [3.63, 3.8) is 0 Å². The lowest BCUT2D eigenvalue weighted by atomic mass is 9.88. The van der Waals surface area contributed by atoms with E-state index in [1.54, 1.807) is 17.3 Å². The SMILES string of the molecule is COC(=O)c1ccc(C2=CCC(N3CCCC3c3ccccc3C3CC3)CC2)cc1-n1ncc2nc3c(ccn3COCC[Si](C)(C)C)cc21. The summed E-state index contributed by atoms with van der Waals surface area (Å²) in [4.78, 5) is 20.8.